The summed E-state index contributed by atoms with van der Waals surface area (Å²) in [7, 11) is 3.27. The molecule has 1 heterocycles. The van der Waals surface area contributed by atoms with Crippen molar-refractivity contribution >= 4 is 57.2 Å². The van der Waals surface area contributed by atoms with Gasteiger partial charge in [-0.05, 0) is 70.3 Å². The Kier molecular flexibility index (Phi) is 6.92. The molecule has 5 nitrogen and oxygen atoms in total. The first-order valence-electron chi connectivity index (χ1n) is 8.30. The number of hydrogen-bond donors (Lipinski definition) is 0. The zero-order valence-corrected chi connectivity index (χ0v) is 18.0. The maximum Gasteiger partial charge on any atom is 0.266 e. The molecule has 1 aliphatic rings. The van der Waals surface area contributed by atoms with Gasteiger partial charge in [0, 0.05) is 7.11 Å². The highest BCUT2D eigenvalue weighted by Gasteiger charge is 2.33. The summed E-state index contributed by atoms with van der Waals surface area (Å²) in [5, 5.41) is 0.665. The number of thioether (sulfide) groups is 1. The summed E-state index contributed by atoms with van der Waals surface area (Å²) >= 11 is 3.60. The van der Waals surface area contributed by atoms with E-state index in [1.165, 1.54) is 11.8 Å². The third-order valence-corrected chi connectivity index (χ3v) is 5.71. The minimum atomic E-state index is -0.0578. The largest absolute Gasteiger partial charge is 0.496 e. The average molecular weight is 494 g/mol. The van der Waals surface area contributed by atoms with Crippen molar-refractivity contribution in [3.8, 4) is 5.75 Å². The molecule has 0 spiro atoms. The predicted molar refractivity (Wildman–Crippen MR) is 118 cm³/mol. The van der Waals surface area contributed by atoms with Gasteiger partial charge in [0.05, 0.1) is 34.4 Å². The number of methoxy groups -OCH3 is 2. The van der Waals surface area contributed by atoms with Crippen molar-refractivity contribution in [1.29, 1.82) is 0 Å². The van der Waals surface area contributed by atoms with Gasteiger partial charge in [-0.3, -0.25) is 9.69 Å². The van der Waals surface area contributed by atoms with E-state index in [9.17, 15) is 4.79 Å². The van der Waals surface area contributed by atoms with Crippen LogP contribution in [-0.2, 0) is 9.53 Å². The summed E-state index contributed by atoms with van der Waals surface area (Å²) in [6, 6.07) is 15.5. The summed E-state index contributed by atoms with van der Waals surface area (Å²) in [5.74, 6) is 0.758. The van der Waals surface area contributed by atoms with Gasteiger partial charge in [0.25, 0.3) is 5.91 Å². The molecule has 1 amide bonds. The normalized spacial score (nSPS) is 17.1. The summed E-state index contributed by atoms with van der Waals surface area (Å²) < 4.78 is 11.4. The lowest BCUT2D eigenvalue weighted by atomic mass is 10.2. The maximum atomic E-state index is 12.9. The van der Waals surface area contributed by atoms with Gasteiger partial charge in [0.2, 0.25) is 0 Å². The van der Waals surface area contributed by atoms with E-state index in [0.29, 0.717) is 23.2 Å². The number of amides is 1. The van der Waals surface area contributed by atoms with E-state index < -0.39 is 0 Å². The highest BCUT2D eigenvalue weighted by molar-refractivity contribution is 14.1. The Morgan fingerprint density at radius 1 is 1.19 bits per heavy atom. The third kappa shape index (κ3) is 4.91. The molecule has 0 saturated carbocycles. The molecule has 3 rings (SSSR count). The van der Waals surface area contributed by atoms with Gasteiger partial charge in [-0.25, -0.2) is 4.99 Å². The average Bonchev–Trinajstić information content (AvgIpc) is 2.95. The van der Waals surface area contributed by atoms with Gasteiger partial charge in [0.1, 0.15) is 5.75 Å². The van der Waals surface area contributed by atoms with Crippen LogP contribution in [0.2, 0.25) is 0 Å². The zero-order valence-electron chi connectivity index (χ0n) is 15.0. The fraction of sp³-hybridized carbons (Fsp3) is 0.200. The van der Waals surface area contributed by atoms with E-state index in [1.807, 2.05) is 54.6 Å². The lowest BCUT2D eigenvalue weighted by Gasteiger charge is -2.14. The van der Waals surface area contributed by atoms with Crippen LogP contribution in [-0.4, -0.2) is 43.3 Å². The zero-order chi connectivity index (χ0) is 19.2. The van der Waals surface area contributed by atoms with Gasteiger partial charge in [-0.1, -0.05) is 24.3 Å². The molecule has 0 N–H and O–H groups in total. The third-order valence-electron chi connectivity index (χ3n) is 3.86. The number of benzene rings is 2. The lowest BCUT2D eigenvalue weighted by Crippen LogP contribution is -2.32. The van der Waals surface area contributed by atoms with Crippen molar-refractivity contribution in [2.75, 3.05) is 27.4 Å². The summed E-state index contributed by atoms with van der Waals surface area (Å²) in [6.07, 6.45) is 1.89. The number of amidine groups is 1. The number of ether oxygens (including phenoxy) is 2. The van der Waals surface area contributed by atoms with Gasteiger partial charge in [-0.2, -0.15) is 0 Å². The van der Waals surface area contributed by atoms with E-state index in [4.69, 9.17) is 9.47 Å². The maximum absolute atomic E-state index is 12.9. The molecule has 0 radical (unpaired) electrons. The van der Waals surface area contributed by atoms with Crippen LogP contribution in [0.15, 0.2) is 58.4 Å². The standard InChI is InChI=1S/C20H19IN2O3S/c1-25-11-10-23-19(24)18(13-14-8-9-17(26-2)16(21)12-14)27-20(23)22-15-6-4-3-5-7-15/h3-9,12-13H,10-11H2,1-2H3/b18-13+,22-20?. The molecule has 0 unspecified atom stereocenters. The molecule has 140 valence electrons. The Labute approximate surface area is 176 Å². The first-order chi connectivity index (χ1) is 13.1. The molecule has 0 bridgehead atoms. The SMILES string of the molecule is COCCN1C(=O)/C(=C\c2ccc(OC)c(I)c2)SC1=Nc1ccccc1. The number of para-hydroxylation sites is 1. The summed E-state index contributed by atoms with van der Waals surface area (Å²) in [6.45, 7) is 0.916. The second-order valence-corrected chi connectivity index (χ2v) is 7.86. The van der Waals surface area contributed by atoms with Crippen molar-refractivity contribution in [2.24, 2.45) is 4.99 Å². The fourth-order valence-corrected chi connectivity index (χ4v) is 4.29. The lowest BCUT2D eigenvalue weighted by molar-refractivity contribution is -0.122. The van der Waals surface area contributed by atoms with Crippen LogP contribution >= 0.6 is 34.4 Å². The van der Waals surface area contributed by atoms with E-state index >= 15 is 0 Å². The van der Waals surface area contributed by atoms with Gasteiger partial charge < -0.3 is 9.47 Å². The number of aliphatic imine (C=N–C) groups is 1. The van der Waals surface area contributed by atoms with E-state index in [0.717, 1.165) is 20.6 Å². The molecule has 1 fully saturated rings. The monoisotopic (exact) mass is 494 g/mol. The van der Waals surface area contributed by atoms with Crippen molar-refractivity contribution in [1.82, 2.24) is 4.90 Å². The number of halogens is 1. The highest BCUT2D eigenvalue weighted by atomic mass is 127. The molecule has 27 heavy (non-hydrogen) atoms. The number of carbonyl (C=O) groups is 1. The second-order valence-electron chi connectivity index (χ2n) is 5.68. The van der Waals surface area contributed by atoms with Crippen LogP contribution < -0.4 is 4.74 Å². The molecule has 1 aliphatic heterocycles. The van der Waals surface area contributed by atoms with E-state index in [2.05, 4.69) is 27.6 Å². The molecule has 7 heteroatoms. The number of nitrogens with zero attached hydrogens (tertiary/aromatic N) is 2. The van der Waals surface area contributed by atoms with E-state index in [-0.39, 0.29) is 5.91 Å². The Hall–Kier alpha value is -1.84. The minimum absolute atomic E-state index is 0.0578. The molecule has 1 saturated heterocycles. The first-order valence-corrected chi connectivity index (χ1v) is 10.2. The second kappa shape index (κ2) is 9.38. The highest BCUT2D eigenvalue weighted by Crippen LogP contribution is 2.34. The number of rotatable bonds is 6. The van der Waals surface area contributed by atoms with Crippen LogP contribution in [0, 0.1) is 3.57 Å². The van der Waals surface area contributed by atoms with Crippen LogP contribution in [0.1, 0.15) is 5.56 Å². The molecular formula is C20H19IN2O3S. The fourth-order valence-electron chi connectivity index (χ4n) is 2.51. The number of carbonyl (C=O) groups excluding carboxylic acids is 1. The Balaban J connectivity index is 1.92. The van der Waals surface area contributed by atoms with Crippen molar-refractivity contribution in [2.45, 2.75) is 0 Å². The van der Waals surface area contributed by atoms with Gasteiger partial charge in [-0.15, -0.1) is 0 Å². The van der Waals surface area contributed by atoms with Crippen molar-refractivity contribution in [3.05, 3.63) is 62.6 Å². The molecule has 2 aromatic carbocycles. The molecule has 0 atom stereocenters. The van der Waals surface area contributed by atoms with Crippen molar-refractivity contribution in [3.63, 3.8) is 0 Å². The summed E-state index contributed by atoms with van der Waals surface area (Å²) in [5.41, 5.74) is 1.76. The smallest absolute Gasteiger partial charge is 0.266 e. The Morgan fingerprint density at radius 2 is 1.96 bits per heavy atom. The molecule has 0 aliphatic carbocycles. The van der Waals surface area contributed by atoms with Crippen LogP contribution in [0.5, 0.6) is 5.75 Å². The van der Waals surface area contributed by atoms with E-state index in [1.54, 1.807) is 19.1 Å². The minimum Gasteiger partial charge on any atom is -0.496 e. The van der Waals surface area contributed by atoms with Crippen molar-refractivity contribution < 1.29 is 14.3 Å². The quantitative estimate of drug-likeness (QED) is 0.437. The molecule has 0 aromatic heterocycles. The topological polar surface area (TPSA) is 51.1 Å². The molecule has 2 aromatic rings. The van der Waals surface area contributed by atoms with Crippen LogP contribution in [0.4, 0.5) is 5.69 Å². The van der Waals surface area contributed by atoms with Gasteiger partial charge >= 0.3 is 0 Å². The Bertz CT molecular complexity index is 884. The van der Waals surface area contributed by atoms with Gasteiger partial charge in [0.15, 0.2) is 5.17 Å². The predicted octanol–water partition coefficient (Wildman–Crippen LogP) is 4.55. The van der Waals surface area contributed by atoms with Crippen LogP contribution in [0.3, 0.4) is 0 Å². The Morgan fingerprint density at radius 3 is 2.63 bits per heavy atom. The summed E-state index contributed by atoms with van der Waals surface area (Å²) in [4.78, 5) is 19.9. The first kappa shape index (κ1) is 19.9. The molecular weight excluding hydrogens is 475 g/mol. The van der Waals surface area contributed by atoms with Crippen LogP contribution in [0.25, 0.3) is 6.08 Å². The number of hydrogen-bond acceptors (Lipinski definition) is 5.